The quantitative estimate of drug-likeness (QED) is 0.360. The molecule has 2 aromatic heterocycles. The van der Waals surface area contributed by atoms with Crippen LogP contribution in [0.4, 0.5) is 5.69 Å². The molecule has 12 heteroatoms. The molecule has 0 unspecified atom stereocenters. The Labute approximate surface area is 206 Å². The second-order valence-corrected chi connectivity index (χ2v) is 11.0. The summed E-state index contributed by atoms with van der Waals surface area (Å²) in [5.41, 5.74) is 2.60. The van der Waals surface area contributed by atoms with Crippen molar-refractivity contribution >= 4 is 55.4 Å². The van der Waals surface area contributed by atoms with Crippen LogP contribution in [-0.2, 0) is 14.8 Å². The molecule has 5 rings (SSSR count). The number of benzene rings is 2. The minimum absolute atomic E-state index is 0.0784. The van der Waals surface area contributed by atoms with Gasteiger partial charge in [-0.05, 0) is 55.3 Å². The standard InChI is InChI=1S/C23H24N6O4S2/c1-33-16-7-10-19-18(13-16)21-22(25-19)26-23(28-27-21)34-14-20(30)24-15-5-8-17(9-6-15)35(31,32)29-11-3-2-4-12-29/h5-10,13H,2-4,11-12,14H2,1H3,(H,24,30)(H,25,26,28). The Bertz CT molecular complexity index is 1480. The van der Waals surface area contributed by atoms with Crippen molar-refractivity contribution in [2.45, 2.75) is 29.3 Å². The van der Waals surface area contributed by atoms with E-state index in [-0.39, 0.29) is 16.6 Å². The van der Waals surface area contributed by atoms with Crippen molar-refractivity contribution in [3.63, 3.8) is 0 Å². The third-order valence-electron chi connectivity index (χ3n) is 5.83. The number of nitrogens with zero attached hydrogens (tertiary/aromatic N) is 4. The van der Waals surface area contributed by atoms with E-state index in [1.807, 2.05) is 18.2 Å². The predicted molar refractivity (Wildman–Crippen MR) is 134 cm³/mol. The maximum absolute atomic E-state index is 12.8. The smallest absolute Gasteiger partial charge is 0.243 e. The molecule has 0 spiro atoms. The van der Waals surface area contributed by atoms with Crippen molar-refractivity contribution in [2.75, 3.05) is 31.3 Å². The molecule has 182 valence electrons. The molecule has 4 aromatic rings. The van der Waals surface area contributed by atoms with Gasteiger partial charge in [0, 0.05) is 29.7 Å². The molecule has 0 saturated carbocycles. The molecule has 1 aliphatic heterocycles. The number of fused-ring (bicyclic) bond motifs is 3. The molecule has 0 atom stereocenters. The fourth-order valence-corrected chi connectivity index (χ4v) is 6.12. The predicted octanol–water partition coefficient (Wildman–Crippen LogP) is 3.42. The molecule has 0 bridgehead atoms. The van der Waals surface area contributed by atoms with Crippen LogP contribution in [-0.4, -0.2) is 64.7 Å². The summed E-state index contributed by atoms with van der Waals surface area (Å²) in [4.78, 5) is 20.3. The largest absolute Gasteiger partial charge is 0.497 e. The molecule has 0 radical (unpaired) electrons. The van der Waals surface area contributed by atoms with Crippen molar-refractivity contribution in [3.8, 4) is 5.75 Å². The average molecular weight is 513 g/mol. The van der Waals surface area contributed by atoms with Crippen LogP contribution in [0.1, 0.15) is 19.3 Å². The van der Waals surface area contributed by atoms with Gasteiger partial charge in [-0.25, -0.2) is 13.4 Å². The molecular formula is C23H24N6O4S2. The Kier molecular flexibility index (Phi) is 6.58. The second kappa shape index (κ2) is 9.80. The van der Waals surface area contributed by atoms with Crippen LogP contribution in [0.5, 0.6) is 5.75 Å². The lowest BCUT2D eigenvalue weighted by atomic mass is 10.2. The Hall–Kier alpha value is -3.22. The SMILES string of the molecule is COc1ccc2[nH]c3nc(SCC(=O)Nc4ccc(S(=O)(=O)N5CCCCC5)cc4)nnc3c2c1. The van der Waals surface area contributed by atoms with Gasteiger partial charge >= 0.3 is 0 Å². The Balaban J connectivity index is 1.21. The minimum Gasteiger partial charge on any atom is -0.497 e. The van der Waals surface area contributed by atoms with Crippen molar-refractivity contribution in [1.82, 2.24) is 24.5 Å². The van der Waals surface area contributed by atoms with Gasteiger partial charge in [0.1, 0.15) is 11.3 Å². The molecule has 10 nitrogen and oxygen atoms in total. The minimum atomic E-state index is -3.50. The Morgan fingerprint density at radius 1 is 1.11 bits per heavy atom. The van der Waals surface area contributed by atoms with Gasteiger partial charge in [-0.1, -0.05) is 18.2 Å². The van der Waals surface area contributed by atoms with Gasteiger partial charge in [-0.15, -0.1) is 10.2 Å². The van der Waals surface area contributed by atoms with Gasteiger partial charge in [0.2, 0.25) is 21.1 Å². The number of carbonyl (C=O) groups excluding carboxylic acids is 1. The lowest BCUT2D eigenvalue weighted by Crippen LogP contribution is -2.35. The van der Waals surface area contributed by atoms with Gasteiger partial charge in [0.15, 0.2) is 5.65 Å². The fourth-order valence-electron chi connectivity index (χ4n) is 4.02. The van der Waals surface area contributed by atoms with Crippen molar-refractivity contribution in [2.24, 2.45) is 0 Å². The number of nitrogens with one attached hydrogen (secondary N) is 2. The van der Waals surface area contributed by atoms with Crippen LogP contribution in [0.2, 0.25) is 0 Å². The average Bonchev–Trinajstić information content (AvgIpc) is 3.25. The van der Waals surface area contributed by atoms with E-state index in [0.717, 1.165) is 41.9 Å². The highest BCUT2D eigenvalue weighted by atomic mass is 32.2. The van der Waals surface area contributed by atoms with E-state index in [1.54, 1.807) is 19.2 Å². The van der Waals surface area contributed by atoms with Gasteiger partial charge in [-0.2, -0.15) is 4.31 Å². The van der Waals surface area contributed by atoms with Gasteiger partial charge in [0.05, 0.1) is 17.8 Å². The topological polar surface area (TPSA) is 130 Å². The molecule has 1 saturated heterocycles. The van der Waals surface area contributed by atoms with Crippen molar-refractivity contribution in [3.05, 3.63) is 42.5 Å². The number of carbonyl (C=O) groups is 1. The van der Waals surface area contributed by atoms with Crippen molar-refractivity contribution < 1.29 is 17.9 Å². The fraction of sp³-hybridized carbons (Fsp3) is 0.304. The van der Waals surface area contributed by atoms with Gasteiger partial charge in [-0.3, -0.25) is 4.79 Å². The van der Waals surface area contributed by atoms with Crippen LogP contribution in [0.15, 0.2) is 52.5 Å². The summed E-state index contributed by atoms with van der Waals surface area (Å²) in [6.07, 6.45) is 2.82. The van der Waals surface area contributed by atoms with E-state index >= 15 is 0 Å². The first-order chi connectivity index (χ1) is 16.9. The zero-order chi connectivity index (χ0) is 24.4. The highest BCUT2D eigenvalue weighted by Gasteiger charge is 2.25. The lowest BCUT2D eigenvalue weighted by molar-refractivity contribution is -0.113. The monoisotopic (exact) mass is 512 g/mol. The van der Waals surface area contributed by atoms with Crippen LogP contribution in [0.3, 0.4) is 0 Å². The third kappa shape index (κ3) is 4.95. The molecular weight excluding hydrogens is 488 g/mol. The molecule has 1 amide bonds. The first-order valence-electron chi connectivity index (χ1n) is 11.2. The number of sulfonamides is 1. The maximum Gasteiger partial charge on any atom is 0.243 e. The number of H-pyrrole nitrogens is 1. The Morgan fingerprint density at radius 3 is 2.63 bits per heavy atom. The van der Waals surface area contributed by atoms with Crippen LogP contribution < -0.4 is 10.1 Å². The number of methoxy groups -OCH3 is 1. The van der Waals surface area contributed by atoms with Crippen LogP contribution in [0.25, 0.3) is 22.1 Å². The molecule has 2 aromatic carbocycles. The summed E-state index contributed by atoms with van der Waals surface area (Å²) in [5, 5.41) is 12.4. The summed E-state index contributed by atoms with van der Waals surface area (Å²) in [5.74, 6) is 0.536. The lowest BCUT2D eigenvalue weighted by Gasteiger charge is -2.25. The first kappa shape index (κ1) is 23.5. The molecule has 35 heavy (non-hydrogen) atoms. The van der Waals surface area contributed by atoms with E-state index in [4.69, 9.17) is 4.74 Å². The zero-order valence-corrected chi connectivity index (χ0v) is 20.7. The van der Waals surface area contributed by atoms with E-state index in [1.165, 1.54) is 16.4 Å². The summed E-state index contributed by atoms with van der Waals surface area (Å²) >= 11 is 1.16. The van der Waals surface area contributed by atoms with Gasteiger partial charge < -0.3 is 15.0 Å². The van der Waals surface area contributed by atoms with E-state index < -0.39 is 10.0 Å². The number of hydrogen-bond acceptors (Lipinski definition) is 8. The van der Waals surface area contributed by atoms with Crippen LogP contribution >= 0.6 is 11.8 Å². The van der Waals surface area contributed by atoms with E-state index in [2.05, 4.69) is 25.5 Å². The maximum atomic E-state index is 12.8. The number of thioether (sulfide) groups is 1. The molecule has 0 aliphatic carbocycles. The number of aromatic amines is 1. The normalized spacial score (nSPS) is 14.9. The highest BCUT2D eigenvalue weighted by molar-refractivity contribution is 7.99. The summed E-state index contributed by atoms with van der Waals surface area (Å²) in [6, 6.07) is 11.9. The number of ether oxygens (including phenoxy) is 1. The summed E-state index contributed by atoms with van der Waals surface area (Å²) in [6.45, 7) is 1.10. The molecule has 1 fully saturated rings. The van der Waals surface area contributed by atoms with Crippen molar-refractivity contribution in [1.29, 1.82) is 0 Å². The number of anilines is 1. The number of hydrogen-bond donors (Lipinski definition) is 2. The molecule has 3 heterocycles. The Morgan fingerprint density at radius 2 is 1.89 bits per heavy atom. The summed E-state index contributed by atoms with van der Waals surface area (Å²) in [7, 11) is -1.90. The summed E-state index contributed by atoms with van der Waals surface area (Å²) < 4.78 is 32.3. The van der Waals surface area contributed by atoms with E-state index in [9.17, 15) is 13.2 Å². The first-order valence-corrected chi connectivity index (χ1v) is 13.6. The van der Waals surface area contributed by atoms with Gasteiger partial charge in [0.25, 0.3) is 0 Å². The zero-order valence-electron chi connectivity index (χ0n) is 19.0. The molecule has 2 N–H and O–H groups in total. The highest BCUT2D eigenvalue weighted by Crippen LogP contribution is 2.27. The molecule has 1 aliphatic rings. The number of piperidine rings is 1. The number of amides is 1. The third-order valence-corrected chi connectivity index (χ3v) is 8.58. The van der Waals surface area contributed by atoms with Crippen LogP contribution in [0, 0.1) is 0 Å². The van der Waals surface area contributed by atoms with E-state index in [0.29, 0.717) is 40.8 Å². The number of aromatic nitrogens is 4. The number of rotatable bonds is 7. The second-order valence-electron chi connectivity index (χ2n) is 8.15.